The molecule has 3 rings (SSSR count). The zero-order valence-corrected chi connectivity index (χ0v) is 15.4. The van der Waals surface area contributed by atoms with Gasteiger partial charge in [0.2, 0.25) is 5.88 Å². The molecule has 0 radical (unpaired) electrons. The highest BCUT2D eigenvalue weighted by atomic mass is 16.5. The molecule has 0 unspecified atom stereocenters. The van der Waals surface area contributed by atoms with Crippen LogP contribution in [0.2, 0.25) is 0 Å². The van der Waals surface area contributed by atoms with E-state index in [9.17, 15) is 10.1 Å². The molecule has 0 saturated heterocycles. The normalized spacial score (nSPS) is 21.7. The molecule has 6 heteroatoms. The van der Waals surface area contributed by atoms with E-state index in [1.165, 1.54) is 0 Å². The first kappa shape index (κ1) is 17.9. The van der Waals surface area contributed by atoms with Crippen molar-refractivity contribution in [3.05, 3.63) is 46.6 Å². The third-order valence-corrected chi connectivity index (χ3v) is 4.78. The number of hydrogen-bond donors (Lipinski definition) is 1. The maximum absolute atomic E-state index is 12.9. The van der Waals surface area contributed by atoms with Gasteiger partial charge in [0.15, 0.2) is 5.78 Å². The molecule has 6 nitrogen and oxygen atoms in total. The Hall–Kier alpha value is -2.94. The van der Waals surface area contributed by atoms with Crippen LogP contribution in [0.4, 0.5) is 0 Å². The molecule has 136 valence electrons. The van der Waals surface area contributed by atoms with Crippen LogP contribution in [0.1, 0.15) is 38.2 Å². The lowest BCUT2D eigenvalue weighted by Gasteiger charge is -2.37. The van der Waals surface area contributed by atoms with Crippen molar-refractivity contribution in [1.82, 2.24) is 0 Å². The van der Waals surface area contributed by atoms with E-state index >= 15 is 0 Å². The molecule has 1 atom stereocenters. The standard InChI is InChI=1S/C20H22N2O4/c1-20(2)8-15(23)18-16(9-20)26-19(22)14(10-21)17(18)11-5-12(24-3)7-13(6-11)25-4/h5-7,17H,8-9,22H2,1-4H3/t17-/m1/s1. The number of nitriles is 1. The number of methoxy groups -OCH3 is 2. The predicted octanol–water partition coefficient (Wildman–Crippen LogP) is 3.15. The minimum Gasteiger partial charge on any atom is -0.497 e. The molecule has 0 saturated carbocycles. The molecule has 1 heterocycles. The molecule has 0 aromatic heterocycles. The second kappa shape index (κ2) is 6.41. The first-order valence-electron chi connectivity index (χ1n) is 8.36. The summed E-state index contributed by atoms with van der Waals surface area (Å²) < 4.78 is 16.4. The van der Waals surface area contributed by atoms with Gasteiger partial charge in [-0.25, -0.2) is 0 Å². The van der Waals surface area contributed by atoms with Crippen LogP contribution in [0.3, 0.4) is 0 Å². The predicted molar refractivity (Wildman–Crippen MR) is 95.2 cm³/mol. The SMILES string of the molecule is COc1cc(OC)cc([C@@H]2C(C#N)=C(N)OC3=C2C(=O)CC(C)(C)C3)c1. The summed E-state index contributed by atoms with van der Waals surface area (Å²) in [6, 6.07) is 7.44. The number of rotatable bonds is 3. The fraction of sp³-hybridized carbons (Fsp3) is 0.400. The van der Waals surface area contributed by atoms with Crippen molar-refractivity contribution < 1.29 is 19.0 Å². The smallest absolute Gasteiger partial charge is 0.205 e. The first-order valence-corrected chi connectivity index (χ1v) is 8.36. The zero-order valence-electron chi connectivity index (χ0n) is 15.4. The second-order valence-corrected chi connectivity index (χ2v) is 7.35. The second-order valence-electron chi connectivity index (χ2n) is 7.35. The molecule has 1 aliphatic heterocycles. The molecular formula is C20H22N2O4. The van der Waals surface area contributed by atoms with Crippen LogP contribution < -0.4 is 15.2 Å². The van der Waals surface area contributed by atoms with Crippen molar-refractivity contribution in [3.8, 4) is 17.6 Å². The lowest BCUT2D eigenvalue weighted by Crippen LogP contribution is -2.33. The first-order chi connectivity index (χ1) is 12.3. The molecular weight excluding hydrogens is 332 g/mol. The minimum absolute atomic E-state index is 0.0247. The molecule has 2 N–H and O–H groups in total. The quantitative estimate of drug-likeness (QED) is 0.896. The molecule has 0 fully saturated rings. The Morgan fingerprint density at radius 3 is 2.35 bits per heavy atom. The van der Waals surface area contributed by atoms with Gasteiger partial charge in [-0.15, -0.1) is 0 Å². The van der Waals surface area contributed by atoms with Crippen LogP contribution in [0, 0.1) is 16.7 Å². The summed E-state index contributed by atoms with van der Waals surface area (Å²) in [7, 11) is 3.10. The van der Waals surface area contributed by atoms with E-state index in [0.29, 0.717) is 41.2 Å². The van der Waals surface area contributed by atoms with Gasteiger partial charge in [-0.1, -0.05) is 13.8 Å². The van der Waals surface area contributed by atoms with Gasteiger partial charge in [-0.05, 0) is 23.1 Å². The summed E-state index contributed by atoms with van der Waals surface area (Å²) in [6.07, 6.45) is 0.983. The Morgan fingerprint density at radius 2 is 1.81 bits per heavy atom. The Labute approximate surface area is 152 Å². The molecule has 26 heavy (non-hydrogen) atoms. The number of carbonyl (C=O) groups is 1. The monoisotopic (exact) mass is 354 g/mol. The zero-order chi connectivity index (χ0) is 19.1. The lowest BCUT2D eigenvalue weighted by molar-refractivity contribution is -0.119. The number of benzene rings is 1. The number of nitrogens with two attached hydrogens (primary N) is 1. The van der Waals surface area contributed by atoms with Crippen LogP contribution in [0.5, 0.6) is 11.5 Å². The third kappa shape index (κ3) is 3.01. The van der Waals surface area contributed by atoms with Gasteiger partial charge in [0.25, 0.3) is 0 Å². The number of Topliss-reactive ketones (excluding diaryl/α,β-unsaturated/α-hetero) is 1. The van der Waals surface area contributed by atoms with Gasteiger partial charge < -0.3 is 19.9 Å². The fourth-order valence-electron chi connectivity index (χ4n) is 3.61. The maximum Gasteiger partial charge on any atom is 0.205 e. The van der Waals surface area contributed by atoms with Crippen molar-refractivity contribution in [2.75, 3.05) is 14.2 Å². The van der Waals surface area contributed by atoms with Gasteiger partial charge >= 0.3 is 0 Å². The Kier molecular flexibility index (Phi) is 4.41. The number of carbonyl (C=O) groups excluding carboxylic acids is 1. The van der Waals surface area contributed by atoms with E-state index in [1.54, 1.807) is 32.4 Å². The average molecular weight is 354 g/mol. The van der Waals surface area contributed by atoms with Gasteiger partial charge in [-0.2, -0.15) is 5.26 Å². The molecule has 0 spiro atoms. The molecule has 1 aliphatic carbocycles. The van der Waals surface area contributed by atoms with Crippen molar-refractivity contribution in [2.45, 2.75) is 32.6 Å². The summed E-state index contributed by atoms with van der Waals surface area (Å²) in [5.41, 5.74) is 7.26. The van der Waals surface area contributed by atoms with Crippen LogP contribution in [0.15, 0.2) is 41.0 Å². The third-order valence-electron chi connectivity index (χ3n) is 4.78. The summed E-state index contributed by atoms with van der Waals surface area (Å²) in [6.45, 7) is 4.03. The fourth-order valence-corrected chi connectivity index (χ4v) is 3.61. The van der Waals surface area contributed by atoms with E-state index in [1.807, 2.05) is 13.8 Å². The van der Waals surface area contributed by atoms with Gasteiger partial charge in [0, 0.05) is 24.5 Å². The minimum atomic E-state index is -0.587. The van der Waals surface area contributed by atoms with Crippen LogP contribution in [0.25, 0.3) is 0 Å². The van der Waals surface area contributed by atoms with Crippen molar-refractivity contribution in [1.29, 1.82) is 5.26 Å². The van der Waals surface area contributed by atoms with E-state index in [4.69, 9.17) is 19.9 Å². The van der Waals surface area contributed by atoms with Crippen molar-refractivity contribution in [3.63, 3.8) is 0 Å². The summed E-state index contributed by atoms with van der Waals surface area (Å²) in [4.78, 5) is 12.9. The van der Waals surface area contributed by atoms with Crippen molar-refractivity contribution in [2.24, 2.45) is 11.1 Å². The van der Waals surface area contributed by atoms with Gasteiger partial charge in [0.1, 0.15) is 28.9 Å². The Balaban J connectivity index is 2.22. The maximum atomic E-state index is 12.9. The largest absolute Gasteiger partial charge is 0.497 e. The highest BCUT2D eigenvalue weighted by Gasteiger charge is 2.43. The molecule has 1 aromatic carbocycles. The number of allylic oxidation sites excluding steroid dienone is 3. The highest BCUT2D eigenvalue weighted by Crippen LogP contribution is 2.48. The van der Waals surface area contributed by atoms with E-state index in [0.717, 1.165) is 0 Å². The average Bonchev–Trinajstić information content (AvgIpc) is 2.58. The Morgan fingerprint density at radius 1 is 1.19 bits per heavy atom. The van der Waals surface area contributed by atoms with E-state index in [2.05, 4.69) is 6.07 Å². The van der Waals surface area contributed by atoms with Crippen molar-refractivity contribution >= 4 is 5.78 Å². The molecule has 0 bridgehead atoms. The summed E-state index contributed by atoms with van der Waals surface area (Å²) >= 11 is 0. The topological polar surface area (TPSA) is 94.6 Å². The number of nitrogens with zero attached hydrogens (tertiary/aromatic N) is 1. The lowest BCUT2D eigenvalue weighted by atomic mass is 9.70. The number of hydrogen-bond acceptors (Lipinski definition) is 6. The summed E-state index contributed by atoms with van der Waals surface area (Å²) in [5, 5.41) is 9.66. The van der Waals surface area contributed by atoms with E-state index in [-0.39, 0.29) is 22.7 Å². The Bertz CT molecular complexity index is 852. The van der Waals surface area contributed by atoms with Gasteiger partial charge in [-0.3, -0.25) is 4.79 Å². The van der Waals surface area contributed by atoms with Crippen LogP contribution >= 0.6 is 0 Å². The van der Waals surface area contributed by atoms with E-state index < -0.39 is 5.92 Å². The number of ether oxygens (including phenoxy) is 3. The molecule has 0 amide bonds. The van der Waals surface area contributed by atoms with Gasteiger partial charge in [0.05, 0.1) is 20.1 Å². The highest BCUT2D eigenvalue weighted by molar-refractivity contribution is 6.00. The summed E-state index contributed by atoms with van der Waals surface area (Å²) in [5.74, 6) is 1.14. The van der Waals surface area contributed by atoms with Crippen LogP contribution in [-0.2, 0) is 9.53 Å². The number of ketones is 1. The molecule has 2 aliphatic rings. The molecule has 1 aromatic rings. The van der Waals surface area contributed by atoms with Crippen LogP contribution in [-0.4, -0.2) is 20.0 Å².